The fourth-order valence-corrected chi connectivity index (χ4v) is 1.75. The minimum atomic E-state index is 0.0325. The Morgan fingerprint density at radius 2 is 2.11 bits per heavy atom. The molecule has 0 spiro atoms. The Morgan fingerprint density at radius 3 is 2.72 bits per heavy atom. The van der Waals surface area contributed by atoms with Crippen LogP contribution in [0.15, 0.2) is 12.1 Å². The van der Waals surface area contributed by atoms with Crippen molar-refractivity contribution in [3.63, 3.8) is 0 Å². The monoisotopic (exact) mass is 253 g/mol. The van der Waals surface area contributed by atoms with Crippen LogP contribution < -0.4 is 10.6 Å². The molecule has 0 bridgehead atoms. The second kappa shape index (κ2) is 8.02. The average Bonchev–Trinajstić information content (AvgIpc) is 2.34. The zero-order valence-electron chi connectivity index (χ0n) is 11.6. The minimum absolute atomic E-state index is 0.0325. The largest absolute Gasteiger partial charge is 0.382 e. The molecule has 0 aliphatic carbocycles. The Hall–Kier alpha value is -1.17. The van der Waals surface area contributed by atoms with E-state index < -0.39 is 0 Å². The van der Waals surface area contributed by atoms with Crippen molar-refractivity contribution >= 4 is 5.82 Å². The lowest BCUT2D eigenvalue weighted by Gasteiger charge is -2.16. The van der Waals surface area contributed by atoms with Crippen molar-refractivity contribution in [2.24, 2.45) is 0 Å². The summed E-state index contributed by atoms with van der Waals surface area (Å²) in [6, 6.07) is 4.12. The van der Waals surface area contributed by atoms with Crippen molar-refractivity contribution in [2.45, 2.75) is 19.6 Å². The first kappa shape index (κ1) is 14.9. The van der Waals surface area contributed by atoms with Crippen LogP contribution in [0.2, 0.25) is 0 Å². The topological polar surface area (TPSA) is 55.4 Å². The van der Waals surface area contributed by atoms with E-state index >= 15 is 0 Å². The van der Waals surface area contributed by atoms with Crippen molar-refractivity contribution in [1.82, 2.24) is 10.3 Å². The number of methoxy groups -OCH3 is 2. The van der Waals surface area contributed by atoms with Crippen LogP contribution in [0.25, 0.3) is 0 Å². The number of ether oxygens (including phenoxy) is 2. The maximum atomic E-state index is 5.29. The maximum absolute atomic E-state index is 5.29. The number of pyridine rings is 1. The van der Waals surface area contributed by atoms with E-state index in [1.807, 2.05) is 20.0 Å². The molecule has 0 aliphatic rings. The Labute approximate surface area is 109 Å². The van der Waals surface area contributed by atoms with Gasteiger partial charge in [-0.2, -0.15) is 0 Å². The van der Waals surface area contributed by atoms with E-state index in [1.165, 1.54) is 5.56 Å². The summed E-state index contributed by atoms with van der Waals surface area (Å²) in [5.41, 5.74) is 2.22. The fraction of sp³-hybridized carbons (Fsp3) is 0.615. The molecule has 0 saturated heterocycles. The van der Waals surface area contributed by atoms with Crippen LogP contribution in [0, 0.1) is 6.92 Å². The molecule has 5 nitrogen and oxygen atoms in total. The minimum Gasteiger partial charge on any atom is -0.382 e. The summed E-state index contributed by atoms with van der Waals surface area (Å²) in [7, 11) is 5.28. The van der Waals surface area contributed by atoms with E-state index in [0.29, 0.717) is 13.2 Å². The summed E-state index contributed by atoms with van der Waals surface area (Å²) in [5.74, 6) is 0.874. The molecule has 1 aromatic rings. The van der Waals surface area contributed by atoms with Crippen LogP contribution in [-0.4, -0.2) is 45.5 Å². The van der Waals surface area contributed by atoms with E-state index in [4.69, 9.17) is 9.47 Å². The zero-order chi connectivity index (χ0) is 13.4. The molecule has 1 aromatic heterocycles. The molecule has 0 fully saturated rings. The standard InChI is InChI=1S/C13H23N3O2/c1-10-5-11(7-14-2)6-13(16-10)15-8-12(18-4)9-17-3/h5-6,12,14H,7-9H2,1-4H3,(H,15,16). The molecule has 5 heteroatoms. The number of aryl methyl sites for hydroxylation is 1. The molecule has 102 valence electrons. The van der Waals surface area contributed by atoms with Gasteiger partial charge in [0.05, 0.1) is 12.7 Å². The summed E-state index contributed by atoms with van der Waals surface area (Å²) in [6.07, 6.45) is 0.0325. The SMILES string of the molecule is CNCc1cc(C)nc(NCC(COC)OC)c1. The highest BCUT2D eigenvalue weighted by Crippen LogP contribution is 2.10. The third kappa shape index (κ3) is 5.00. The molecule has 0 aliphatic heterocycles. The third-order valence-corrected chi connectivity index (χ3v) is 2.59. The van der Waals surface area contributed by atoms with Crippen molar-refractivity contribution in [3.8, 4) is 0 Å². The van der Waals surface area contributed by atoms with Crippen molar-refractivity contribution in [3.05, 3.63) is 23.4 Å². The summed E-state index contributed by atoms with van der Waals surface area (Å²) in [6.45, 7) is 4.08. The molecule has 0 radical (unpaired) electrons. The molecular formula is C13H23N3O2. The maximum Gasteiger partial charge on any atom is 0.126 e. The Balaban J connectivity index is 2.60. The van der Waals surface area contributed by atoms with Crippen LogP contribution in [0.4, 0.5) is 5.82 Å². The summed E-state index contributed by atoms with van der Waals surface area (Å²) in [4.78, 5) is 4.45. The average molecular weight is 253 g/mol. The van der Waals surface area contributed by atoms with Gasteiger partial charge < -0.3 is 20.1 Å². The summed E-state index contributed by atoms with van der Waals surface area (Å²) < 4.78 is 10.4. The molecule has 18 heavy (non-hydrogen) atoms. The number of nitrogens with zero attached hydrogens (tertiary/aromatic N) is 1. The van der Waals surface area contributed by atoms with Gasteiger partial charge in [-0.25, -0.2) is 4.98 Å². The van der Waals surface area contributed by atoms with Gasteiger partial charge in [0.25, 0.3) is 0 Å². The lowest BCUT2D eigenvalue weighted by atomic mass is 10.2. The van der Waals surface area contributed by atoms with Gasteiger partial charge in [0, 0.05) is 33.0 Å². The quantitative estimate of drug-likeness (QED) is 0.728. The van der Waals surface area contributed by atoms with Gasteiger partial charge in [-0.3, -0.25) is 0 Å². The first-order valence-electron chi connectivity index (χ1n) is 6.07. The van der Waals surface area contributed by atoms with Gasteiger partial charge in [0.2, 0.25) is 0 Å². The van der Waals surface area contributed by atoms with Gasteiger partial charge in [-0.15, -0.1) is 0 Å². The number of hydrogen-bond acceptors (Lipinski definition) is 5. The molecule has 0 saturated carbocycles. The smallest absolute Gasteiger partial charge is 0.126 e. The first-order chi connectivity index (χ1) is 8.69. The number of nitrogens with one attached hydrogen (secondary N) is 2. The van der Waals surface area contributed by atoms with Gasteiger partial charge >= 0.3 is 0 Å². The lowest BCUT2D eigenvalue weighted by molar-refractivity contribution is 0.0365. The van der Waals surface area contributed by atoms with Crippen LogP contribution >= 0.6 is 0 Å². The predicted molar refractivity (Wildman–Crippen MR) is 72.9 cm³/mol. The molecule has 0 aromatic carbocycles. The second-order valence-electron chi connectivity index (χ2n) is 4.23. The van der Waals surface area contributed by atoms with Crippen molar-refractivity contribution in [2.75, 3.05) is 39.7 Å². The Kier molecular flexibility index (Phi) is 6.64. The molecule has 2 N–H and O–H groups in total. The van der Waals surface area contributed by atoms with E-state index in [9.17, 15) is 0 Å². The molecule has 0 amide bonds. The number of anilines is 1. The first-order valence-corrected chi connectivity index (χ1v) is 6.07. The van der Waals surface area contributed by atoms with E-state index in [1.54, 1.807) is 14.2 Å². The van der Waals surface area contributed by atoms with E-state index in [-0.39, 0.29) is 6.10 Å². The highest BCUT2D eigenvalue weighted by Gasteiger charge is 2.07. The van der Waals surface area contributed by atoms with Crippen LogP contribution in [0.5, 0.6) is 0 Å². The predicted octanol–water partition coefficient (Wildman–Crippen LogP) is 1.18. The Bertz CT molecular complexity index is 358. The van der Waals surface area contributed by atoms with E-state index in [0.717, 1.165) is 18.1 Å². The molecule has 1 atom stereocenters. The van der Waals surface area contributed by atoms with Gasteiger partial charge in [0.1, 0.15) is 5.82 Å². The summed E-state index contributed by atoms with van der Waals surface area (Å²) in [5, 5.41) is 6.41. The number of rotatable bonds is 8. The van der Waals surface area contributed by atoms with Crippen LogP contribution in [-0.2, 0) is 16.0 Å². The summed E-state index contributed by atoms with van der Waals surface area (Å²) >= 11 is 0. The molecule has 1 unspecified atom stereocenters. The Morgan fingerprint density at radius 1 is 1.33 bits per heavy atom. The second-order valence-corrected chi connectivity index (χ2v) is 4.23. The lowest BCUT2D eigenvalue weighted by Crippen LogP contribution is -2.27. The fourth-order valence-electron chi connectivity index (χ4n) is 1.75. The van der Waals surface area contributed by atoms with Crippen molar-refractivity contribution in [1.29, 1.82) is 0 Å². The molecular weight excluding hydrogens is 230 g/mol. The van der Waals surface area contributed by atoms with Crippen LogP contribution in [0.1, 0.15) is 11.3 Å². The van der Waals surface area contributed by atoms with Crippen molar-refractivity contribution < 1.29 is 9.47 Å². The van der Waals surface area contributed by atoms with Gasteiger partial charge in [-0.1, -0.05) is 0 Å². The van der Waals surface area contributed by atoms with E-state index in [2.05, 4.69) is 21.7 Å². The highest BCUT2D eigenvalue weighted by atomic mass is 16.5. The zero-order valence-corrected chi connectivity index (χ0v) is 11.6. The van der Waals surface area contributed by atoms with Gasteiger partial charge in [-0.05, 0) is 31.7 Å². The number of aromatic nitrogens is 1. The highest BCUT2D eigenvalue weighted by molar-refractivity contribution is 5.39. The third-order valence-electron chi connectivity index (χ3n) is 2.59. The molecule has 1 rings (SSSR count). The normalized spacial score (nSPS) is 12.4. The number of hydrogen-bond donors (Lipinski definition) is 2. The van der Waals surface area contributed by atoms with Crippen LogP contribution in [0.3, 0.4) is 0 Å². The molecule has 1 heterocycles. The van der Waals surface area contributed by atoms with Gasteiger partial charge in [0.15, 0.2) is 0 Å².